The first-order valence-electron chi connectivity index (χ1n) is 9.03. The van der Waals surface area contributed by atoms with Crippen LogP contribution in [0.3, 0.4) is 0 Å². The zero-order valence-electron chi connectivity index (χ0n) is 16.5. The molecule has 3 rings (SSSR count). The number of anilines is 1. The minimum atomic E-state index is 0.0228. The van der Waals surface area contributed by atoms with Gasteiger partial charge in [0.05, 0.1) is 43.0 Å². The van der Waals surface area contributed by atoms with Crippen LogP contribution in [0.15, 0.2) is 41.3 Å². The summed E-state index contributed by atoms with van der Waals surface area (Å²) in [6.45, 7) is 5.70. The second-order valence-electron chi connectivity index (χ2n) is 6.96. The summed E-state index contributed by atoms with van der Waals surface area (Å²) in [5, 5.41) is 0.779. The van der Waals surface area contributed by atoms with E-state index in [0.717, 1.165) is 32.4 Å². The molecule has 0 saturated heterocycles. The van der Waals surface area contributed by atoms with Crippen molar-refractivity contribution in [1.82, 2.24) is 4.98 Å². The van der Waals surface area contributed by atoms with Crippen LogP contribution >= 0.6 is 23.1 Å². The second kappa shape index (κ2) is 8.42. The van der Waals surface area contributed by atoms with E-state index in [9.17, 15) is 4.79 Å². The Kier molecular flexibility index (Phi) is 6.19. The molecule has 2 aromatic carbocycles. The average molecular weight is 401 g/mol. The highest BCUT2D eigenvalue weighted by atomic mass is 32.2. The molecule has 0 aliphatic rings. The van der Waals surface area contributed by atoms with Crippen LogP contribution in [0.2, 0.25) is 0 Å². The number of likely N-dealkylation sites (N-methyl/N-ethyl adjacent to an activating group) is 1. The molecular weight excluding hydrogens is 374 g/mol. The fourth-order valence-electron chi connectivity index (χ4n) is 2.92. The molecule has 0 fully saturated rings. The Hall–Kier alpha value is -1.89. The number of fused-ring (bicyclic) bond motifs is 1. The molecule has 0 atom stereocenters. The molecule has 1 heterocycles. The number of thiazole rings is 1. The maximum atomic E-state index is 13.4. The van der Waals surface area contributed by atoms with Gasteiger partial charge in [0, 0.05) is 4.90 Å². The zero-order chi connectivity index (χ0) is 19.6. The molecule has 0 aliphatic heterocycles. The van der Waals surface area contributed by atoms with Crippen molar-refractivity contribution in [2.45, 2.75) is 18.7 Å². The number of amides is 1. The van der Waals surface area contributed by atoms with Crippen LogP contribution in [-0.2, 0) is 0 Å². The van der Waals surface area contributed by atoms with Gasteiger partial charge in [-0.15, -0.1) is 11.8 Å². The highest BCUT2D eigenvalue weighted by Crippen LogP contribution is 2.33. The van der Waals surface area contributed by atoms with Gasteiger partial charge in [-0.3, -0.25) is 9.69 Å². The molecule has 1 aromatic heterocycles. The summed E-state index contributed by atoms with van der Waals surface area (Å²) in [5.74, 6) is 0.0228. The van der Waals surface area contributed by atoms with Crippen molar-refractivity contribution in [3.05, 3.63) is 53.1 Å². The van der Waals surface area contributed by atoms with E-state index in [1.165, 1.54) is 16.0 Å². The summed E-state index contributed by atoms with van der Waals surface area (Å²) < 4.78 is 1.13. The summed E-state index contributed by atoms with van der Waals surface area (Å²) in [5.41, 5.74) is 4.15. The SMILES string of the molecule is CSc1ccccc1C(=O)N(CC[NH+](C)C)c1nc2c(C)c(C)ccc2s1. The predicted octanol–water partition coefficient (Wildman–Crippen LogP) is 3.43. The van der Waals surface area contributed by atoms with Crippen molar-refractivity contribution >= 4 is 44.4 Å². The number of aromatic nitrogens is 1. The van der Waals surface area contributed by atoms with Crippen molar-refractivity contribution in [3.8, 4) is 0 Å². The molecule has 0 radical (unpaired) electrons. The fourth-order valence-corrected chi connectivity index (χ4v) is 4.56. The van der Waals surface area contributed by atoms with Gasteiger partial charge in [-0.2, -0.15) is 0 Å². The van der Waals surface area contributed by atoms with Crippen molar-refractivity contribution in [3.63, 3.8) is 0 Å². The average Bonchev–Trinajstić information content (AvgIpc) is 3.09. The molecule has 27 heavy (non-hydrogen) atoms. The lowest BCUT2D eigenvalue weighted by Crippen LogP contribution is -3.06. The van der Waals surface area contributed by atoms with E-state index in [1.54, 1.807) is 23.1 Å². The van der Waals surface area contributed by atoms with Crippen LogP contribution in [0, 0.1) is 13.8 Å². The van der Waals surface area contributed by atoms with Crippen LogP contribution in [0.5, 0.6) is 0 Å². The van der Waals surface area contributed by atoms with Crippen LogP contribution in [0.4, 0.5) is 5.13 Å². The Bertz CT molecular complexity index is 965. The van der Waals surface area contributed by atoms with Gasteiger partial charge < -0.3 is 4.90 Å². The number of rotatable bonds is 6. The van der Waals surface area contributed by atoms with Gasteiger partial charge >= 0.3 is 0 Å². The van der Waals surface area contributed by atoms with Crippen molar-refractivity contribution in [2.75, 3.05) is 38.3 Å². The third-order valence-electron chi connectivity index (χ3n) is 4.72. The van der Waals surface area contributed by atoms with E-state index >= 15 is 0 Å². The van der Waals surface area contributed by atoms with E-state index in [1.807, 2.05) is 35.4 Å². The number of hydrogen-bond donors (Lipinski definition) is 1. The van der Waals surface area contributed by atoms with Crippen molar-refractivity contribution in [1.29, 1.82) is 0 Å². The summed E-state index contributed by atoms with van der Waals surface area (Å²) in [6, 6.07) is 12.0. The Morgan fingerprint density at radius 1 is 1.19 bits per heavy atom. The van der Waals surface area contributed by atoms with Crippen LogP contribution in [-0.4, -0.2) is 44.3 Å². The number of nitrogens with one attached hydrogen (secondary N) is 1. The number of nitrogens with zero attached hydrogens (tertiary/aromatic N) is 2. The number of thioether (sulfide) groups is 1. The predicted molar refractivity (Wildman–Crippen MR) is 117 cm³/mol. The van der Waals surface area contributed by atoms with Crippen molar-refractivity contribution < 1.29 is 9.69 Å². The van der Waals surface area contributed by atoms with Crippen LogP contribution in [0.1, 0.15) is 21.5 Å². The van der Waals surface area contributed by atoms with Gasteiger partial charge in [0.1, 0.15) is 0 Å². The second-order valence-corrected chi connectivity index (χ2v) is 8.82. The first-order chi connectivity index (χ1) is 12.9. The van der Waals surface area contributed by atoms with Crippen molar-refractivity contribution in [2.24, 2.45) is 0 Å². The highest BCUT2D eigenvalue weighted by molar-refractivity contribution is 7.98. The third kappa shape index (κ3) is 4.18. The molecule has 1 amide bonds. The van der Waals surface area contributed by atoms with Gasteiger partial charge in [-0.25, -0.2) is 4.98 Å². The minimum Gasteiger partial charge on any atom is -0.338 e. The summed E-state index contributed by atoms with van der Waals surface area (Å²) in [6.07, 6.45) is 2.00. The first-order valence-corrected chi connectivity index (χ1v) is 11.1. The molecule has 3 aromatic rings. The summed E-state index contributed by atoms with van der Waals surface area (Å²) in [4.78, 5) is 22.4. The number of aryl methyl sites for hydroxylation is 2. The number of quaternary nitrogens is 1. The van der Waals surface area contributed by atoms with E-state index in [4.69, 9.17) is 4.98 Å². The summed E-state index contributed by atoms with van der Waals surface area (Å²) in [7, 11) is 4.20. The number of carbonyl (C=O) groups excluding carboxylic acids is 1. The standard InChI is InChI=1S/C21H25N3OS2/c1-14-10-11-18-19(15(14)2)22-21(27-18)24(13-12-23(3)4)20(25)16-8-6-7-9-17(16)26-5/h6-11H,12-13H2,1-5H3/p+1. The number of hydrogen-bond acceptors (Lipinski definition) is 4. The van der Waals surface area contributed by atoms with Gasteiger partial charge in [-0.05, 0) is 49.4 Å². The largest absolute Gasteiger partial charge is 0.338 e. The maximum absolute atomic E-state index is 13.4. The molecule has 0 saturated carbocycles. The van der Waals surface area contributed by atoms with Gasteiger partial charge in [0.25, 0.3) is 5.91 Å². The molecular formula is C21H26N3OS2+. The fraction of sp³-hybridized carbons (Fsp3) is 0.333. The van der Waals surface area contributed by atoms with Gasteiger partial charge in [-0.1, -0.05) is 29.5 Å². The lowest BCUT2D eigenvalue weighted by molar-refractivity contribution is -0.856. The lowest BCUT2D eigenvalue weighted by Gasteiger charge is -2.21. The molecule has 0 bridgehead atoms. The van der Waals surface area contributed by atoms with E-state index in [2.05, 4.69) is 40.1 Å². The smallest absolute Gasteiger partial charge is 0.261 e. The van der Waals surface area contributed by atoms with E-state index in [-0.39, 0.29) is 5.91 Å². The molecule has 0 aliphatic carbocycles. The van der Waals surface area contributed by atoms with Gasteiger partial charge in [0.2, 0.25) is 0 Å². The zero-order valence-corrected chi connectivity index (χ0v) is 18.1. The molecule has 6 heteroatoms. The monoisotopic (exact) mass is 400 g/mol. The van der Waals surface area contributed by atoms with Gasteiger partial charge in [0.15, 0.2) is 5.13 Å². The number of benzene rings is 2. The van der Waals surface area contributed by atoms with Crippen LogP contribution in [0.25, 0.3) is 10.2 Å². The quantitative estimate of drug-likeness (QED) is 0.644. The molecule has 0 unspecified atom stereocenters. The molecule has 1 N–H and O–H groups in total. The van der Waals surface area contributed by atoms with E-state index in [0.29, 0.717) is 6.54 Å². The van der Waals surface area contributed by atoms with E-state index < -0.39 is 0 Å². The summed E-state index contributed by atoms with van der Waals surface area (Å²) >= 11 is 3.19. The number of carbonyl (C=O) groups is 1. The minimum absolute atomic E-state index is 0.0228. The lowest BCUT2D eigenvalue weighted by atomic mass is 10.1. The molecule has 0 spiro atoms. The Morgan fingerprint density at radius 2 is 1.93 bits per heavy atom. The maximum Gasteiger partial charge on any atom is 0.261 e. The highest BCUT2D eigenvalue weighted by Gasteiger charge is 2.24. The Morgan fingerprint density at radius 3 is 2.63 bits per heavy atom. The normalized spacial score (nSPS) is 11.3. The Balaban J connectivity index is 2.06. The van der Waals surface area contributed by atoms with Crippen LogP contribution < -0.4 is 9.80 Å². The third-order valence-corrected chi connectivity index (χ3v) is 6.56. The first kappa shape index (κ1) is 19.9. The molecule has 4 nitrogen and oxygen atoms in total. The Labute approximate surface area is 169 Å². The molecule has 142 valence electrons. The topological polar surface area (TPSA) is 37.6 Å².